The van der Waals surface area contributed by atoms with Gasteiger partial charge in [-0.25, -0.2) is 0 Å². The van der Waals surface area contributed by atoms with Crippen LogP contribution in [0, 0.1) is 11.8 Å². The summed E-state index contributed by atoms with van der Waals surface area (Å²) < 4.78 is 23.4. The summed E-state index contributed by atoms with van der Waals surface area (Å²) in [5.41, 5.74) is 0.356. The van der Waals surface area contributed by atoms with E-state index in [1.165, 1.54) is 0 Å². The van der Waals surface area contributed by atoms with Gasteiger partial charge < -0.3 is 29.2 Å². The third-order valence-corrected chi connectivity index (χ3v) is 5.76. The molecule has 2 N–H and O–H groups in total. The van der Waals surface area contributed by atoms with Gasteiger partial charge in [0.15, 0.2) is 6.29 Å². The minimum Gasteiger partial charge on any atom is -0.393 e. The highest BCUT2D eigenvalue weighted by molar-refractivity contribution is 5.24. The van der Waals surface area contributed by atoms with Crippen LogP contribution in [0.3, 0.4) is 0 Å². The van der Waals surface area contributed by atoms with Gasteiger partial charge in [-0.15, -0.1) is 0 Å². The van der Waals surface area contributed by atoms with Crippen LogP contribution < -0.4 is 0 Å². The summed E-state index contributed by atoms with van der Waals surface area (Å²) in [5.74, 6) is -0.317. The molecule has 1 saturated carbocycles. The Morgan fingerprint density at radius 2 is 2.09 bits per heavy atom. The van der Waals surface area contributed by atoms with Gasteiger partial charge in [0.25, 0.3) is 0 Å². The monoisotopic (exact) mass is 320 g/mol. The number of ether oxygens (including phenoxy) is 4. The fourth-order valence-corrected chi connectivity index (χ4v) is 4.65. The Morgan fingerprint density at radius 1 is 1.26 bits per heavy atom. The van der Waals surface area contributed by atoms with Crippen LogP contribution >= 0.6 is 0 Å². The summed E-state index contributed by atoms with van der Waals surface area (Å²) in [6.07, 6.45) is -1.84. The maximum absolute atomic E-state index is 10.6. The molecule has 1 aliphatic carbocycles. The molecule has 0 amide bonds. The van der Waals surface area contributed by atoms with Crippen LogP contribution in [-0.2, 0) is 25.6 Å². The van der Waals surface area contributed by atoms with Crippen molar-refractivity contribution < 1.29 is 29.2 Å². The van der Waals surface area contributed by atoms with Gasteiger partial charge in [-0.05, 0) is 5.56 Å². The molecule has 0 aromatic heterocycles. The lowest BCUT2D eigenvalue weighted by molar-refractivity contribution is -0.227. The van der Waals surface area contributed by atoms with Gasteiger partial charge in [0.05, 0.1) is 37.9 Å². The van der Waals surface area contributed by atoms with E-state index in [1.54, 1.807) is 0 Å². The van der Waals surface area contributed by atoms with E-state index in [4.69, 9.17) is 18.9 Å². The summed E-state index contributed by atoms with van der Waals surface area (Å²) in [5, 5.41) is 20.4. The number of benzene rings is 1. The zero-order chi connectivity index (χ0) is 15.6. The summed E-state index contributed by atoms with van der Waals surface area (Å²) in [4.78, 5) is 0. The molecule has 8 atom stereocenters. The molecule has 4 aliphatic rings. The number of hydrogen-bond acceptors (Lipinski definition) is 6. The van der Waals surface area contributed by atoms with Gasteiger partial charge in [-0.1, -0.05) is 30.3 Å². The molecule has 3 aliphatic heterocycles. The Kier molecular flexibility index (Phi) is 3.11. The predicted molar refractivity (Wildman–Crippen MR) is 77.3 cm³/mol. The van der Waals surface area contributed by atoms with Gasteiger partial charge in [-0.3, -0.25) is 0 Å². The maximum Gasteiger partial charge on any atom is 0.164 e. The van der Waals surface area contributed by atoms with Gasteiger partial charge in [-0.2, -0.15) is 0 Å². The first-order valence-electron chi connectivity index (χ1n) is 8.14. The Balaban J connectivity index is 1.40. The van der Waals surface area contributed by atoms with E-state index in [9.17, 15) is 10.2 Å². The number of hydrogen-bond donors (Lipinski definition) is 2. The highest BCUT2D eigenvalue weighted by atomic mass is 16.7. The summed E-state index contributed by atoms with van der Waals surface area (Å²) in [6.45, 7) is 0.787. The molecule has 3 heterocycles. The SMILES string of the molecule is OC[C@]12O[C@H]1[C@H](O)[C@@H]1[C@H](OCc3ccccc3)[C@H]3CO[C@H](O3)[C@@H]12. The average Bonchev–Trinajstić information content (AvgIpc) is 3.11. The standard InChI is InChI=1S/C17H20O6/c18-8-17-12-11(13(19)15(17)23-17)14(10-7-21-16(12)22-10)20-6-9-4-2-1-3-5-9/h1-5,10-16,18-19H,6-8H2/t10-,11-,12-,13-,14-,15+,16-,17-/m1/s1. The second kappa shape index (κ2) is 4.99. The zero-order valence-electron chi connectivity index (χ0n) is 12.6. The molecule has 124 valence electrons. The third-order valence-electron chi connectivity index (χ3n) is 5.76. The van der Waals surface area contributed by atoms with E-state index in [0.717, 1.165) is 5.56 Å². The van der Waals surface area contributed by atoms with E-state index in [1.807, 2.05) is 30.3 Å². The Hall–Kier alpha value is -1.02. The fraction of sp³-hybridized carbons (Fsp3) is 0.647. The molecule has 3 saturated heterocycles. The second-order valence-corrected chi connectivity index (χ2v) is 6.88. The zero-order valence-corrected chi connectivity index (χ0v) is 12.6. The molecule has 5 rings (SSSR count). The quantitative estimate of drug-likeness (QED) is 0.764. The molecule has 0 unspecified atom stereocenters. The Labute approximate surface area is 133 Å². The van der Waals surface area contributed by atoms with E-state index in [0.29, 0.717) is 13.2 Å². The average molecular weight is 320 g/mol. The second-order valence-electron chi connectivity index (χ2n) is 6.88. The van der Waals surface area contributed by atoms with Gasteiger partial charge >= 0.3 is 0 Å². The van der Waals surface area contributed by atoms with Crippen molar-refractivity contribution in [2.45, 2.75) is 42.9 Å². The lowest BCUT2D eigenvalue weighted by Crippen LogP contribution is -2.53. The van der Waals surface area contributed by atoms with Crippen molar-refractivity contribution in [1.29, 1.82) is 0 Å². The summed E-state index contributed by atoms with van der Waals surface area (Å²) in [7, 11) is 0. The minimum absolute atomic E-state index is 0.129. The van der Waals surface area contributed by atoms with Gasteiger partial charge in [0.1, 0.15) is 17.8 Å². The number of rotatable bonds is 4. The van der Waals surface area contributed by atoms with Gasteiger partial charge in [0.2, 0.25) is 0 Å². The van der Waals surface area contributed by atoms with E-state index in [-0.39, 0.29) is 36.8 Å². The van der Waals surface area contributed by atoms with Crippen LogP contribution in [0.25, 0.3) is 0 Å². The topological polar surface area (TPSA) is 80.7 Å². The van der Waals surface area contributed by atoms with Crippen LogP contribution in [0.15, 0.2) is 30.3 Å². The van der Waals surface area contributed by atoms with Crippen LogP contribution in [0.1, 0.15) is 5.56 Å². The van der Waals surface area contributed by atoms with Crippen LogP contribution in [0.4, 0.5) is 0 Å². The van der Waals surface area contributed by atoms with E-state index >= 15 is 0 Å². The van der Waals surface area contributed by atoms with Crippen LogP contribution in [-0.4, -0.2) is 59.7 Å². The highest BCUT2D eigenvalue weighted by Crippen LogP contribution is 2.62. The van der Waals surface area contributed by atoms with Crippen molar-refractivity contribution in [2.24, 2.45) is 11.8 Å². The van der Waals surface area contributed by atoms with E-state index < -0.39 is 18.0 Å². The molecule has 0 radical (unpaired) electrons. The summed E-state index contributed by atoms with van der Waals surface area (Å²) >= 11 is 0. The van der Waals surface area contributed by atoms with Crippen molar-refractivity contribution in [1.82, 2.24) is 0 Å². The molecule has 6 heteroatoms. The van der Waals surface area contributed by atoms with Gasteiger partial charge in [0, 0.05) is 5.92 Å². The van der Waals surface area contributed by atoms with Crippen molar-refractivity contribution in [2.75, 3.05) is 13.2 Å². The molecule has 1 aromatic carbocycles. The Bertz CT molecular complexity index is 594. The predicted octanol–water partition coefficient (Wildman–Crippen LogP) is 0.0637. The van der Waals surface area contributed by atoms with Crippen molar-refractivity contribution in [3.63, 3.8) is 0 Å². The first-order chi connectivity index (χ1) is 11.2. The fourth-order valence-electron chi connectivity index (χ4n) is 4.65. The van der Waals surface area contributed by atoms with Crippen LogP contribution in [0.2, 0.25) is 0 Å². The molecule has 6 nitrogen and oxygen atoms in total. The minimum atomic E-state index is -0.724. The Morgan fingerprint density at radius 3 is 2.87 bits per heavy atom. The van der Waals surface area contributed by atoms with Crippen LogP contribution in [0.5, 0.6) is 0 Å². The molecule has 1 aromatic rings. The molecule has 23 heavy (non-hydrogen) atoms. The number of aliphatic hydroxyl groups is 2. The first-order valence-corrected chi connectivity index (χ1v) is 8.14. The molecular formula is C17H20O6. The lowest BCUT2D eigenvalue weighted by atomic mass is 9.80. The normalized spacial score (nSPS) is 49.7. The highest BCUT2D eigenvalue weighted by Gasteiger charge is 2.79. The molecular weight excluding hydrogens is 300 g/mol. The number of fused-ring (bicyclic) bond motifs is 6. The number of epoxide rings is 1. The molecule has 0 spiro atoms. The summed E-state index contributed by atoms with van der Waals surface area (Å²) in [6, 6.07) is 9.94. The van der Waals surface area contributed by atoms with Crippen molar-refractivity contribution in [3.8, 4) is 0 Å². The largest absolute Gasteiger partial charge is 0.393 e. The molecule has 2 bridgehead atoms. The van der Waals surface area contributed by atoms with Crippen molar-refractivity contribution >= 4 is 0 Å². The van der Waals surface area contributed by atoms with Crippen molar-refractivity contribution in [3.05, 3.63) is 35.9 Å². The molecule has 4 fully saturated rings. The smallest absolute Gasteiger partial charge is 0.164 e. The van der Waals surface area contributed by atoms with E-state index in [2.05, 4.69) is 0 Å². The lowest BCUT2D eigenvalue weighted by Gasteiger charge is -2.41. The maximum atomic E-state index is 10.6. The number of aliphatic hydroxyl groups excluding tert-OH is 2. The third kappa shape index (κ3) is 1.91. The first kappa shape index (κ1) is 14.3.